The summed E-state index contributed by atoms with van der Waals surface area (Å²) in [4.78, 5) is 21.0. The summed E-state index contributed by atoms with van der Waals surface area (Å²) in [6.45, 7) is -0.732. The lowest BCUT2D eigenvalue weighted by atomic mass is 10.1. The molecule has 4 rings (SSSR count). The molecule has 3 aromatic rings. The number of rotatable bonds is 9. The first-order valence-electron chi connectivity index (χ1n) is 10.8. The molecular weight excluding hydrogens is 562 g/mol. The summed E-state index contributed by atoms with van der Waals surface area (Å²) >= 11 is 6.17. The van der Waals surface area contributed by atoms with E-state index in [4.69, 9.17) is 21.2 Å². The van der Waals surface area contributed by atoms with Gasteiger partial charge in [0.1, 0.15) is 29.2 Å². The fraction of sp³-hybridized carbons (Fsp3) is 0.381. The average molecular weight is 582 g/mol. The van der Waals surface area contributed by atoms with Crippen molar-refractivity contribution >= 4 is 33.5 Å². The van der Waals surface area contributed by atoms with Gasteiger partial charge in [-0.15, -0.1) is 0 Å². The van der Waals surface area contributed by atoms with Gasteiger partial charge in [0.15, 0.2) is 5.78 Å². The lowest BCUT2D eigenvalue weighted by Crippen LogP contribution is -2.33. The Morgan fingerprint density at radius 3 is 2.76 bits per heavy atom. The number of furan rings is 1. The number of ketones is 1. The third kappa shape index (κ3) is 6.32. The van der Waals surface area contributed by atoms with Crippen LogP contribution in [-0.4, -0.2) is 58.8 Å². The Morgan fingerprint density at radius 1 is 1.37 bits per heavy atom. The Labute approximate surface area is 217 Å². The van der Waals surface area contributed by atoms with Crippen molar-refractivity contribution in [2.45, 2.75) is 37.5 Å². The van der Waals surface area contributed by atoms with E-state index in [0.29, 0.717) is 0 Å². The van der Waals surface area contributed by atoms with Gasteiger partial charge in [-0.25, -0.2) is 19.5 Å². The topological polar surface area (TPSA) is 163 Å². The van der Waals surface area contributed by atoms with Crippen molar-refractivity contribution < 1.29 is 44.5 Å². The molecule has 206 valence electrons. The number of hydrogen-bond acceptors (Lipinski definition) is 9. The summed E-state index contributed by atoms with van der Waals surface area (Å²) in [6.07, 6.45) is -4.57. The Bertz CT molecular complexity index is 1430. The standard InChI is InChI=1S/C21H20ClF4N5O6S/c22-16-4-10(6-31(16)7-12-1-2-15(37-12)21(24,25)26)18(32)13-5-28-9-29-20(13)30-14-3-11(19(33)17(14)23)8-36-38(27,34)35/h1-2,4-6,9,11,14,17,19,33H,3,7-8H2,(H2,27,34,35)(H,28,29,30)/t11-,14-,17-,19-/m1/s1. The number of aromatic nitrogens is 3. The predicted octanol–water partition coefficient (Wildman–Crippen LogP) is 2.54. The largest absolute Gasteiger partial charge is 0.455 e. The van der Waals surface area contributed by atoms with E-state index in [-0.39, 0.29) is 40.8 Å². The van der Waals surface area contributed by atoms with Gasteiger partial charge < -0.3 is 19.4 Å². The highest BCUT2D eigenvalue weighted by Gasteiger charge is 2.44. The summed E-state index contributed by atoms with van der Waals surface area (Å²) in [7, 11) is -4.29. The van der Waals surface area contributed by atoms with E-state index in [9.17, 15) is 35.9 Å². The van der Waals surface area contributed by atoms with Gasteiger partial charge >= 0.3 is 16.5 Å². The molecule has 1 saturated carbocycles. The summed E-state index contributed by atoms with van der Waals surface area (Å²) in [5.41, 5.74) is -0.0391. The molecule has 4 N–H and O–H groups in total. The van der Waals surface area contributed by atoms with Gasteiger partial charge in [-0.2, -0.15) is 21.6 Å². The number of nitrogens with zero attached hydrogens (tertiary/aromatic N) is 3. The second-order valence-corrected chi connectivity index (χ2v) is 10.1. The lowest BCUT2D eigenvalue weighted by Gasteiger charge is -2.18. The quantitative estimate of drug-likeness (QED) is 0.254. The van der Waals surface area contributed by atoms with Crippen molar-refractivity contribution in [3.8, 4) is 0 Å². The zero-order valence-electron chi connectivity index (χ0n) is 19.1. The van der Waals surface area contributed by atoms with Crippen LogP contribution in [0, 0.1) is 5.92 Å². The number of halogens is 5. The Balaban J connectivity index is 1.50. The number of nitrogens with two attached hydrogens (primary N) is 1. The minimum absolute atomic E-state index is 0.0325. The van der Waals surface area contributed by atoms with Crippen molar-refractivity contribution in [2.75, 3.05) is 11.9 Å². The molecule has 1 aliphatic rings. The minimum Gasteiger partial charge on any atom is -0.455 e. The fourth-order valence-corrected chi connectivity index (χ4v) is 4.62. The summed E-state index contributed by atoms with van der Waals surface area (Å²) < 4.78 is 85.7. The van der Waals surface area contributed by atoms with Crippen LogP contribution in [0.15, 0.2) is 41.3 Å². The van der Waals surface area contributed by atoms with E-state index in [1.165, 1.54) is 23.0 Å². The SMILES string of the molecule is NS(=O)(=O)OC[C@H]1C[C@@H](Nc2ncncc2C(=O)c2cc(Cl)n(Cc3ccc(C(F)(F)F)o3)c2)[C@@H](F)[C@@H]1O. The number of carbonyl (C=O) groups is 1. The molecule has 1 fully saturated rings. The number of anilines is 1. The highest BCUT2D eigenvalue weighted by molar-refractivity contribution is 7.84. The molecule has 0 aliphatic heterocycles. The zero-order chi connectivity index (χ0) is 27.8. The Kier molecular flexibility index (Phi) is 7.81. The van der Waals surface area contributed by atoms with Crippen molar-refractivity contribution in [1.29, 1.82) is 0 Å². The van der Waals surface area contributed by atoms with Crippen molar-refractivity contribution in [1.82, 2.24) is 14.5 Å². The van der Waals surface area contributed by atoms with Crippen LogP contribution in [0.3, 0.4) is 0 Å². The van der Waals surface area contributed by atoms with Gasteiger partial charge in [0, 0.05) is 23.9 Å². The maximum absolute atomic E-state index is 14.8. The molecule has 0 amide bonds. The molecule has 0 saturated heterocycles. The van der Waals surface area contributed by atoms with Gasteiger partial charge in [-0.3, -0.25) is 8.98 Å². The second kappa shape index (κ2) is 10.6. The molecule has 0 aromatic carbocycles. The van der Waals surface area contributed by atoms with E-state index >= 15 is 0 Å². The lowest BCUT2D eigenvalue weighted by molar-refractivity contribution is -0.153. The van der Waals surface area contributed by atoms with Crippen LogP contribution in [0.5, 0.6) is 0 Å². The van der Waals surface area contributed by atoms with Gasteiger partial charge in [-0.05, 0) is 24.6 Å². The molecule has 4 atom stereocenters. The first-order valence-corrected chi connectivity index (χ1v) is 12.7. The molecule has 0 unspecified atom stereocenters. The molecule has 38 heavy (non-hydrogen) atoms. The normalized spacial score (nSPS) is 22.1. The van der Waals surface area contributed by atoms with Gasteiger partial charge in [0.25, 0.3) is 0 Å². The zero-order valence-corrected chi connectivity index (χ0v) is 20.7. The molecule has 1 aliphatic carbocycles. The maximum Gasteiger partial charge on any atom is 0.449 e. The minimum atomic E-state index is -4.65. The molecule has 0 spiro atoms. The molecule has 3 heterocycles. The van der Waals surface area contributed by atoms with Crippen LogP contribution in [-0.2, 0) is 27.2 Å². The molecule has 11 nitrogen and oxygen atoms in total. The predicted molar refractivity (Wildman–Crippen MR) is 123 cm³/mol. The smallest absolute Gasteiger partial charge is 0.449 e. The Hall–Kier alpha value is -3.05. The van der Waals surface area contributed by atoms with E-state index in [2.05, 4.69) is 19.5 Å². The van der Waals surface area contributed by atoms with Crippen LogP contribution < -0.4 is 10.5 Å². The van der Waals surface area contributed by atoms with Crippen LogP contribution >= 0.6 is 11.6 Å². The van der Waals surface area contributed by atoms with Crippen LogP contribution in [0.2, 0.25) is 5.15 Å². The highest BCUT2D eigenvalue weighted by Crippen LogP contribution is 2.33. The van der Waals surface area contributed by atoms with Crippen molar-refractivity contribution in [3.05, 3.63) is 64.7 Å². The average Bonchev–Trinajstić information content (AvgIpc) is 3.52. The molecule has 0 radical (unpaired) electrons. The van der Waals surface area contributed by atoms with Crippen LogP contribution in [0.4, 0.5) is 23.4 Å². The van der Waals surface area contributed by atoms with Crippen LogP contribution in [0.1, 0.15) is 33.9 Å². The van der Waals surface area contributed by atoms with Gasteiger partial charge in [0.05, 0.1) is 30.9 Å². The summed E-state index contributed by atoms with van der Waals surface area (Å²) in [6, 6.07) is 2.14. The molecule has 0 bridgehead atoms. The number of aliphatic hydroxyl groups is 1. The van der Waals surface area contributed by atoms with Gasteiger partial charge in [0.2, 0.25) is 5.76 Å². The molecule has 3 aromatic heterocycles. The fourth-order valence-electron chi connectivity index (χ4n) is 4.03. The third-order valence-corrected chi connectivity index (χ3v) is 6.64. The Morgan fingerprint density at radius 2 is 2.11 bits per heavy atom. The number of hydrogen-bond donors (Lipinski definition) is 3. The summed E-state index contributed by atoms with van der Waals surface area (Å²) in [5, 5.41) is 17.7. The third-order valence-electron chi connectivity index (χ3n) is 5.85. The number of aliphatic hydroxyl groups excluding tert-OH is 1. The van der Waals surface area contributed by atoms with E-state index in [0.717, 1.165) is 18.5 Å². The molecule has 17 heteroatoms. The van der Waals surface area contributed by atoms with Gasteiger partial charge in [-0.1, -0.05) is 11.6 Å². The summed E-state index contributed by atoms with van der Waals surface area (Å²) in [5.74, 6) is -2.83. The maximum atomic E-state index is 14.8. The first-order chi connectivity index (χ1) is 17.7. The van der Waals surface area contributed by atoms with Crippen molar-refractivity contribution in [3.63, 3.8) is 0 Å². The molecular formula is C21H20ClF4N5O6S. The highest BCUT2D eigenvalue weighted by atomic mass is 35.5. The number of nitrogens with one attached hydrogen (secondary N) is 1. The number of carbonyl (C=O) groups excluding carboxylic acids is 1. The van der Waals surface area contributed by atoms with Crippen LogP contribution in [0.25, 0.3) is 0 Å². The van der Waals surface area contributed by atoms with E-state index < -0.39 is 58.9 Å². The van der Waals surface area contributed by atoms with Crippen molar-refractivity contribution in [2.24, 2.45) is 11.1 Å². The van der Waals surface area contributed by atoms with E-state index in [1.807, 2.05) is 0 Å². The first kappa shape index (κ1) is 28.0. The van der Waals surface area contributed by atoms with E-state index in [1.54, 1.807) is 0 Å². The number of alkyl halides is 4. The monoisotopic (exact) mass is 581 g/mol. The second-order valence-electron chi connectivity index (χ2n) is 8.52.